The molecule has 4 heteroatoms. The fourth-order valence-electron chi connectivity index (χ4n) is 3.88. The second-order valence-electron chi connectivity index (χ2n) is 6.22. The van der Waals surface area contributed by atoms with E-state index in [1.165, 1.54) is 24.9 Å². The second-order valence-corrected chi connectivity index (χ2v) is 6.22. The second kappa shape index (κ2) is 6.67. The minimum atomic E-state index is 0.720. The Morgan fingerprint density at radius 2 is 1.81 bits per heavy atom. The van der Waals surface area contributed by atoms with Crippen LogP contribution in [0.2, 0.25) is 0 Å². The summed E-state index contributed by atoms with van der Waals surface area (Å²) in [6.45, 7) is 5.39. The minimum absolute atomic E-state index is 0.720. The van der Waals surface area contributed by atoms with Gasteiger partial charge < -0.3 is 15.4 Å². The van der Waals surface area contributed by atoms with Gasteiger partial charge in [-0.3, -0.25) is 4.90 Å². The number of benzene rings is 1. The molecule has 0 amide bonds. The largest absolute Gasteiger partial charge is 0.497 e. The highest BCUT2D eigenvalue weighted by molar-refractivity contribution is 5.49. The van der Waals surface area contributed by atoms with Crippen molar-refractivity contribution in [2.75, 3.05) is 44.7 Å². The Balaban J connectivity index is 1.57. The van der Waals surface area contributed by atoms with Gasteiger partial charge in [-0.1, -0.05) is 6.42 Å². The van der Waals surface area contributed by atoms with Gasteiger partial charge in [0.05, 0.1) is 7.11 Å². The van der Waals surface area contributed by atoms with E-state index in [-0.39, 0.29) is 0 Å². The third-order valence-corrected chi connectivity index (χ3v) is 5.14. The van der Waals surface area contributed by atoms with Crippen LogP contribution in [0, 0.1) is 5.92 Å². The Morgan fingerprint density at radius 1 is 1.10 bits per heavy atom. The van der Waals surface area contributed by atoms with Crippen LogP contribution in [0.4, 0.5) is 5.69 Å². The molecule has 21 heavy (non-hydrogen) atoms. The van der Waals surface area contributed by atoms with E-state index in [2.05, 4.69) is 21.9 Å². The van der Waals surface area contributed by atoms with Gasteiger partial charge >= 0.3 is 0 Å². The zero-order chi connectivity index (χ0) is 14.7. The van der Waals surface area contributed by atoms with Crippen molar-refractivity contribution in [2.24, 2.45) is 11.7 Å². The van der Waals surface area contributed by atoms with Crippen molar-refractivity contribution in [3.8, 4) is 5.75 Å². The van der Waals surface area contributed by atoms with Gasteiger partial charge in [-0.15, -0.1) is 0 Å². The Labute approximate surface area is 127 Å². The normalized spacial score (nSPS) is 27.0. The first-order chi connectivity index (χ1) is 10.3. The molecule has 116 valence electrons. The Hall–Kier alpha value is -1.26. The number of nitrogens with two attached hydrogens (primary N) is 1. The molecule has 0 aromatic heterocycles. The lowest BCUT2D eigenvalue weighted by Crippen LogP contribution is -2.52. The van der Waals surface area contributed by atoms with Crippen molar-refractivity contribution >= 4 is 5.69 Å². The molecule has 2 atom stereocenters. The first-order valence-corrected chi connectivity index (χ1v) is 8.15. The molecule has 2 unspecified atom stereocenters. The quantitative estimate of drug-likeness (QED) is 0.920. The van der Waals surface area contributed by atoms with E-state index in [1.807, 2.05) is 12.1 Å². The van der Waals surface area contributed by atoms with E-state index in [1.54, 1.807) is 7.11 Å². The summed E-state index contributed by atoms with van der Waals surface area (Å²) in [4.78, 5) is 5.15. The summed E-state index contributed by atoms with van der Waals surface area (Å²) in [5.74, 6) is 1.65. The van der Waals surface area contributed by atoms with Crippen LogP contribution in [0.25, 0.3) is 0 Å². The van der Waals surface area contributed by atoms with Crippen molar-refractivity contribution in [2.45, 2.75) is 25.3 Å². The molecule has 2 aliphatic rings. The van der Waals surface area contributed by atoms with Gasteiger partial charge in [0.1, 0.15) is 5.75 Å². The van der Waals surface area contributed by atoms with E-state index in [4.69, 9.17) is 10.5 Å². The van der Waals surface area contributed by atoms with E-state index in [0.717, 1.165) is 50.4 Å². The summed E-state index contributed by atoms with van der Waals surface area (Å²) in [6.07, 6.45) is 4.01. The molecular weight excluding hydrogens is 262 g/mol. The summed E-state index contributed by atoms with van der Waals surface area (Å²) >= 11 is 0. The molecule has 1 heterocycles. The highest BCUT2D eigenvalue weighted by Crippen LogP contribution is 2.30. The summed E-state index contributed by atoms with van der Waals surface area (Å²) < 4.78 is 5.23. The average Bonchev–Trinajstić information content (AvgIpc) is 3.04. The molecule has 2 fully saturated rings. The fraction of sp³-hybridized carbons (Fsp3) is 0.647. The van der Waals surface area contributed by atoms with Crippen molar-refractivity contribution in [1.82, 2.24) is 4.90 Å². The van der Waals surface area contributed by atoms with E-state index < -0.39 is 0 Å². The maximum atomic E-state index is 5.93. The summed E-state index contributed by atoms with van der Waals surface area (Å²) in [6, 6.07) is 9.14. The minimum Gasteiger partial charge on any atom is -0.497 e. The number of hydrogen-bond donors (Lipinski definition) is 1. The molecule has 1 aliphatic heterocycles. The van der Waals surface area contributed by atoms with Crippen molar-refractivity contribution in [3.05, 3.63) is 24.3 Å². The van der Waals surface area contributed by atoms with Crippen molar-refractivity contribution in [3.63, 3.8) is 0 Å². The molecule has 0 bridgehead atoms. The highest BCUT2D eigenvalue weighted by Gasteiger charge is 2.32. The lowest BCUT2D eigenvalue weighted by atomic mass is 10.0. The Morgan fingerprint density at radius 3 is 2.43 bits per heavy atom. The number of nitrogens with zero attached hydrogens (tertiary/aromatic N) is 2. The van der Waals surface area contributed by atoms with Gasteiger partial charge in [0, 0.05) is 37.9 Å². The maximum Gasteiger partial charge on any atom is 0.119 e. The lowest BCUT2D eigenvalue weighted by molar-refractivity contribution is 0.153. The third-order valence-electron chi connectivity index (χ3n) is 5.14. The summed E-state index contributed by atoms with van der Waals surface area (Å²) in [5, 5.41) is 0. The molecule has 1 aliphatic carbocycles. The van der Waals surface area contributed by atoms with Crippen molar-refractivity contribution < 1.29 is 4.74 Å². The number of methoxy groups -OCH3 is 1. The van der Waals surface area contributed by atoms with Crippen LogP contribution in [-0.4, -0.2) is 50.8 Å². The molecule has 0 radical (unpaired) electrons. The number of hydrogen-bond acceptors (Lipinski definition) is 4. The number of rotatable bonds is 4. The average molecular weight is 289 g/mol. The van der Waals surface area contributed by atoms with E-state index >= 15 is 0 Å². The van der Waals surface area contributed by atoms with Crippen LogP contribution in [0.1, 0.15) is 19.3 Å². The van der Waals surface area contributed by atoms with Gasteiger partial charge in [0.15, 0.2) is 0 Å². The lowest BCUT2D eigenvalue weighted by Gasteiger charge is -2.41. The van der Waals surface area contributed by atoms with Gasteiger partial charge in [-0.05, 0) is 49.6 Å². The van der Waals surface area contributed by atoms with E-state index in [9.17, 15) is 0 Å². The van der Waals surface area contributed by atoms with Crippen molar-refractivity contribution in [1.29, 1.82) is 0 Å². The van der Waals surface area contributed by atoms with Gasteiger partial charge in [-0.25, -0.2) is 0 Å². The molecule has 3 rings (SSSR count). The zero-order valence-electron chi connectivity index (χ0n) is 13.0. The highest BCUT2D eigenvalue weighted by atomic mass is 16.5. The monoisotopic (exact) mass is 289 g/mol. The molecule has 1 aromatic rings. The van der Waals surface area contributed by atoms with Gasteiger partial charge in [0.2, 0.25) is 0 Å². The number of ether oxygens (including phenoxy) is 1. The third kappa shape index (κ3) is 3.16. The standard InChI is InChI=1S/C17H27N3O/c1-21-16-7-5-15(6-8-16)19-9-11-20(12-10-19)17-4-2-3-14(17)13-18/h5-8,14,17H,2-4,9-13,18H2,1H3. The van der Waals surface area contributed by atoms with Crippen LogP contribution in [0.5, 0.6) is 5.75 Å². The summed E-state index contributed by atoms with van der Waals surface area (Å²) in [5.41, 5.74) is 7.23. The predicted molar refractivity (Wildman–Crippen MR) is 87.0 cm³/mol. The molecule has 1 aromatic carbocycles. The van der Waals surface area contributed by atoms with Crippen LogP contribution < -0.4 is 15.4 Å². The first-order valence-electron chi connectivity index (χ1n) is 8.15. The zero-order valence-corrected chi connectivity index (χ0v) is 13.0. The SMILES string of the molecule is COc1ccc(N2CCN(C3CCCC3CN)CC2)cc1. The molecule has 2 N–H and O–H groups in total. The van der Waals surface area contributed by atoms with Crippen LogP contribution in [0.3, 0.4) is 0 Å². The smallest absolute Gasteiger partial charge is 0.119 e. The first kappa shape index (κ1) is 14.7. The molecule has 1 saturated heterocycles. The fourth-order valence-corrected chi connectivity index (χ4v) is 3.88. The maximum absolute atomic E-state index is 5.93. The Bertz CT molecular complexity index is 440. The molecule has 4 nitrogen and oxygen atoms in total. The topological polar surface area (TPSA) is 41.7 Å². The van der Waals surface area contributed by atoms with Crippen LogP contribution >= 0.6 is 0 Å². The Kier molecular flexibility index (Phi) is 4.66. The van der Waals surface area contributed by atoms with Gasteiger partial charge in [0.25, 0.3) is 0 Å². The number of piperazine rings is 1. The predicted octanol–water partition coefficient (Wildman–Crippen LogP) is 1.94. The molecule has 1 saturated carbocycles. The number of anilines is 1. The van der Waals surface area contributed by atoms with Crippen LogP contribution in [0.15, 0.2) is 24.3 Å². The van der Waals surface area contributed by atoms with Gasteiger partial charge in [-0.2, -0.15) is 0 Å². The summed E-state index contributed by atoms with van der Waals surface area (Å²) in [7, 11) is 1.71. The molecule has 0 spiro atoms. The van der Waals surface area contributed by atoms with E-state index in [0.29, 0.717) is 0 Å². The molecular formula is C17H27N3O. The van der Waals surface area contributed by atoms with Crippen LogP contribution in [-0.2, 0) is 0 Å².